The topological polar surface area (TPSA) is 71.8 Å². The SMILES string of the molecule is CCCc1nc(C(=O)NC2CCNCC2)nn1-c1ccccc1Cl. The van der Waals surface area contributed by atoms with E-state index in [-0.39, 0.29) is 17.8 Å². The molecule has 6 nitrogen and oxygen atoms in total. The molecule has 1 fully saturated rings. The monoisotopic (exact) mass is 347 g/mol. The normalized spacial score (nSPS) is 15.4. The third-order valence-corrected chi connectivity index (χ3v) is 4.43. The Labute approximate surface area is 146 Å². The number of carbonyl (C=O) groups is 1. The maximum Gasteiger partial charge on any atom is 0.291 e. The molecule has 0 spiro atoms. The Bertz CT molecular complexity index is 709. The average Bonchev–Trinajstić information content (AvgIpc) is 3.00. The van der Waals surface area contributed by atoms with Gasteiger partial charge in [-0.15, -0.1) is 5.10 Å². The summed E-state index contributed by atoms with van der Waals surface area (Å²) >= 11 is 6.28. The number of carbonyl (C=O) groups excluding carboxylic acids is 1. The predicted octanol–water partition coefficient (Wildman–Crippen LogP) is 2.35. The van der Waals surface area contributed by atoms with Crippen molar-refractivity contribution in [3.63, 3.8) is 0 Å². The number of aromatic nitrogens is 3. The van der Waals surface area contributed by atoms with Crippen LogP contribution in [-0.2, 0) is 6.42 Å². The predicted molar refractivity (Wildman–Crippen MR) is 93.7 cm³/mol. The number of rotatable bonds is 5. The van der Waals surface area contributed by atoms with E-state index < -0.39 is 0 Å². The second kappa shape index (κ2) is 7.77. The van der Waals surface area contributed by atoms with Crippen LogP contribution in [0.4, 0.5) is 0 Å². The van der Waals surface area contributed by atoms with Gasteiger partial charge < -0.3 is 10.6 Å². The molecule has 1 amide bonds. The zero-order chi connectivity index (χ0) is 16.9. The van der Waals surface area contributed by atoms with Gasteiger partial charge >= 0.3 is 0 Å². The first-order chi connectivity index (χ1) is 11.7. The molecule has 24 heavy (non-hydrogen) atoms. The van der Waals surface area contributed by atoms with Crippen molar-refractivity contribution in [1.29, 1.82) is 0 Å². The summed E-state index contributed by atoms with van der Waals surface area (Å²) < 4.78 is 1.68. The fourth-order valence-corrected chi connectivity index (χ4v) is 3.07. The standard InChI is InChI=1S/C17H22ClN5O/c1-2-5-15-21-16(17(24)20-12-8-10-19-11-9-12)22-23(15)14-7-4-3-6-13(14)18/h3-4,6-7,12,19H,2,5,8-11H2,1H3,(H,20,24). The molecule has 1 saturated heterocycles. The molecule has 0 atom stereocenters. The molecule has 0 bridgehead atoms. The van der Waals surface area contributed by atoms with Crippen LogP contribution in [0, 0.1) is 0 Å². The first kappa shape index (κ1) is 16.9. The van der Waals surface area contributed by atoms with Gasteiger partial charge in [0.15, 0.2) is 0 Å². The minimum absolute atomic E-state index is 0.181. The van der Waals surface area contributed by atoms with E-state index in [0.717, 1.165) is 50.3 Å². The Hall–Kier alpha value is -1.92. The van der Waals surface area contributed by atoms with Crippen LogP contribution in [0.1, 0.15) is 42.6 Å². The van der Waals surface area contributed by atoms with Gasteiger partial charge in [-0.2, -0.15) is 0 Å². The maximum absolute atomic E-state index is 12.5. The first-order valence-corrected chi connectivity index (χ1v) is 8.79. The van der Waals surface area contributed by atoms with Gasteiger partial charge in [0.2, 0.25) is 5.82 Å². The van der Waals surface area contributed by atoms with Gasteiger partial charge in [0.25, 0.3) is 5.91 Å². The molecule has 2 heterocycles. The van der Waals surface area contributed by atoms with Crippen LogP contribution in [0.5, 0.6) is 0 Å². The molecule has 1 aliphatic heterocycles. The van der Waals surface area contributed by atoms with Crippen LogP contribution in [-0.4, -0.2) is 39.8 Å². The molecule has 2 aromatic rings. The number of aryl methyl sites for hydroxylation is 1. The molecule has 1 aliphatic rings. The van der Waals surface area contributed by atoms with Crippen molar-refractivity contribution in [2.45, 2.75) is 38.6 Å². The lowest BCUT2D eigenvalue weighted by Gasteiger charge is -2.22. The third-order valence-electron chi connectivity index (χ3n) is 4.11. The average molecular weight is 348 g/mol. The number of amides is 1. The zero-order valence-corrected chi connectivity index (χ0v) is 14.5. The van der Waals surface area contributed by atoms with Crippen molar-refractivity contribution < 1.29 is 4.79 Å². The smallest absolute Gasteiger partial charge is 0.291 e. The van der Waals surface area contributed by atoms with Crippen LogP contribution in [0.2, 0.25) is 5.02 Å². The summed E-state index contributed by atoms with van der Waals surface area (Å²) in [5.74, 6) is 0.739. The van der Waals surface area contributed by atoms with Gasteiger partial charge in [-0.05, 0) is 44.5 Å². The first-order valence-electron chi connectivity index (χ1n) is 8.41. The van der Waals surface area contributed by atoms with E-state index in [4.69, 9.17) is 11.6 Å². The maximum atomic E-state index is 12.5. The molecule has 0 aliphatic carbocycles. The Morgan fingerprint density at radius 1 is 1.38 bits per heavy atom. The van der Waals surface area contributed by atoms with Gasteiger partial charge in [-0.25, -0.2) is 9.67 Å². The number of nitrogens with one attached hydrogen (secondary N) is 2. The lowest BCUT2D eigenvalue weighted by molar-refractivity contribution is 0.0919. The molecule has 0 saturated carbocycles. The number of hydrogen-bond donors (Lipinski definition) is 2. The van der Waals surface area contributed by atoms with Gasteiger partial charge in [0.05, 0.1) is 10.7 Å². The minimum Gasteiger partial charge on any atom is -0.346 e. The third kappa shape index (κ3) is 3.76. The summed E-state index contributed by atoms with van der Waals surface area (Å²) in [6.45, 7) is 3.92. The van der Waals surface area contributed by atoms with Crippen LogP contribution >= 0.6 is 11.6 Å². The Morgan fingerprint density at radius 2 is 2.12 bits per heavy atom. The summed E-state index contributed by atoms with van der Waals surface area (Å²) in [6, 6.07) is 7.63. The molecular formula is C17H22ClN5O. The van der Waals surface area contributed by atoms with E-state index in [1.165, 1.54) is 0 Å². The Morgan fingerprint density at radius 3 is 2.83 bits per heavy atom. The van der Waals surface area contributed by atoms with Crippen LogP contribution < -0.4 is 10.6 Å². The Balaban J connectivity index is 1.85. The van der Waals surface area contributed by atoms with Crippen molar-refractivity contribution in [2.75, 3.05) is 13.1 Å². The summed E-state index contributed by atoms with van der Waals surface area (Å²) in [4.78, 5) is 16.9. The number of piperidine rings is 1. The number of benzene rings is 1. The lowest BCUT2D eigenvalue weighted by atomic mass is 10.1. The van der Waals surface area contributed by atoms with Gasteiger partial charge in [0, 0.05) is 12.5 Å². The largest absolute Gasteiger partial charge is 0.346 e. The van der Waals surface area contributed by atoms with E-state index >= 15 is 0 Å². The van der Waals surface area contributed by atoms with Gasteiger partial charge in [-0.1, -0.05) is 30.7 Å². The molecular weight excluding hydrogens is 326 g/mol. The van der Waals surface area contributed by atoms with E-state index in [1.807, 2.05) is 24.3 Å². The molecule has 128 valence electrons. The second-order valence-electron chi connectivity index (χ2n) is 5.96. The Kier molecular flexibility index (Phi) is 5.48. The number of nitrogens with zero attached hydrogens (tertiary/aromatic N) is 3. The van der Waals surface area contributed by atoms with Crippen molar-refractivity contribution in [3.05, 3.63) is 40.9 Å². The second-order valence-corrected chi connectivity index (χ2v) is 6.37. The highest BCUT2D eigenvalue weighted by Gasteiger charge is 2.21. The van der Waals surface area contributed by atoms with E-state index in [0.29, 0.717) is 5.02 Å². The molecule has 7 heteroatoms. The highest BCUT2D eigenvalue weighted by molar-refractivity contribution is 6.32. The van der Waals surface area contributed by atoms with E-state index in [2.05, 4.69) is 27.6 Å². The van der Waals surface area contributed by atoms with Crippen LogP contribution in [0.15, 0.2) is 24.3 Å². The highest BCUT2D eigenvalue weighted by Crippen LogP contribution is 2.21. The molecule has 2 N–H and O–H groups in total. The lowest BCUT2D eigenvalue weighted by Crippen LogP contribution is -2.43. The summed E-state index contributed by atoms with van der Waals surface area (Å²) in [6.07, 6.45) is 3.51. The van der Waals surface area contributed by atoms with Crippen molar-refractivity contribution in [3.8, 4) is 5.69 Å². The van der Waals surface area contributed by atoms with Crippen molar-refractivity contribution in [2.24, 2.45) is 0 Å². The fourth-order valence-electron chi connectivity index (χ4n) is 2.86. The molecule has 1 aromatic heterocycles. The minimum atomic E-state index is -0.218. The van der Waals surface area contributed by atoms with Crippen molar-refractivity contribution >= 4 is 17.5 Å². The molecule has 1 aromatic carbocycles. The van der Waals surface area contributed by atoms with Crippen LogP contribution in [0.3, 0.4) is 0 Å². The summed E-state index contributed by atoms with van der Waals surface area (Å²) in [5, 5.41) is 11.3. The highest BCUT2D eigenvalue weighted by atomic mass is 35.5. The van der Waals surface area contributed by atoms with Gasteiger partial charge in [0.1, 0.15) is 5.82 Å². The van der Waals surface area contributed by atoms with Gasteiger partial charge in [-0.3, -0.25) is 4.79 Å². The molecule has 3 rings (SSSR count). The number of para-hydroxylation sites is 1. The summed E-state index contributed by atoms with van der Waals surface area (Å²) in [5.41, 5.74) is 0.746. The van der Waals surface area contributed by atoms with Crippen LogP contribution in [0.25, 0.3) is 5.69 Å². The number of hydrogen-bond acceptors (Lipinski definition) is 4. The molecule has 0 radical (unpaired) electrons. The zero-order valence-electron chi connectivity index (χ0n) is 13.8. The van der Waals surface area contributed by atoms with E-state index in [1.54, 1.807) is 4.68 Å². The fraction of sp³-hybridized carbons (Fsp3) is 0.471. The summed E-state index contributed by atoms with van der Waals surface area (Å²) in [7, 11) is 0. The van der Waals surface area contributed by atoms with E-state index in [9.17, 15) is 4.79 Å². The molecule has 0 unspecified atom stereocenters. The quantitative estimate of drug-likeness (QED) is 0.871. The number of halogens is 1. The van der Waals surface area contributed by atoms with Crippen molar-refractivity contribution in [1.82, 2.24) is 25.4 Å².